The Morgan fingerprint density at radius 3 is 1.88 bits per heavy atom. The summed E-state index contributed by atoms with van der Waals surface area (Å²) in [4.78, 5) is 2.39. The van der Waals surface area contributed by atoms with Gasteiger partial charge in [0.1, 0.15) is 0 Å². The lowest BCUT2D eigenvalue weighted by Crippen LogP contribution is -2.36. The van der Waals surface area contributed by atoms with Crippen LogP contribution in [-0.2, 0) is 0 Å². The van der Waals surface area contributed by atoms with Crippen molar-refractivity contribution in [3.8, 4) is 0 Å². The van der Waals surface area contributed by atoms with Gasteiger partial charge in [0, 0.05) is 5.54 Å². The molecule has 1 fully saturated rings. The number of benzene rings is 1. The fourth-order valence-electron chi connectivity index (χ4n) is 2.79. The minimum absolute atomic E-state index is 0.0885. The van der Waals surface area contributed by atoms with Crippen molar-refractivity contribution in [3.05, 3.63) is 35.9 Å². The van der Waals surface area contributed by atoms with Crippen LogP contribution in [0.4, 0.5) is 0 Å². The molecule has 17 heavy (non-hydrogen) atoms. The summed E-state index contributed by atoms with van der Waals surface area (Å²) in [6.07, 6.45) is 0. The van der Waals surface area contributed by atoms with E-state index in [-0.39, 0.29) is 11.6 Å². The molecule has 0 aromatic heterocycles. The van der Waals surface area contributed by atoms with Gasteiger partial charge in [-0.05, 0) is 40.2 Å². The second-order valence-electron chi connectivity index (χ2n) is 6.53. The maximum absolute atomic E-state index is 10.3. The molecule has 1 N–H and O–H groups in total. The average Bonchev–Trinajstić information content (AvgIpc) is 2.92. The Morgan fingerprint density at radius 1 is 1.00 bits per heavy atom. The first-order valence-corrected chi connectivity index (χ1v) is 6.28. The molecule has 1 aromatic rings. The van der Waals surface area contributed by atoms with Crippen molar-refractivity contribution in [1.29, 1.82) is 0 Å². The lowest BCUT2D eigenvalue weighted by Gasteiger charge is -2.25. The zero-order valence-corrected chi connectivity index (χ0v) is 11.4. The normalized spacial score (nSPS) is 29.2. The lowest BCUT2D eigenvalue weighted by molar-refractivity contribution is 0.0531. The van der Waals surface area contributed by atoms with Crippen LogP contribution in [-0.4, -0.2) is 27.2 Å². The van der Waals surface area contributed by atoms with Crippen molar-refractivity contribution < 1.29 is 5.11 Å². The van der Waals surface area contributed by atoms with Crippen LogP contribution >= 0.6 is 0 Å². The fourth-order valence-corrected chi connectivity index (χ4v) is 2.79. The van der Waals surface area contributed by atoms with Crippen LogP contribution in [0.15, 0.2) is 30.3 Å². The molecule has 0 radical (unpaired) electrons. The predicted octanol–water partition coefficient (Wildman–Crippen LogP) is 2.98. The van der Waals surface area contributed by atoms with Crippen LogP contribution in [0.5, 0.6) is 0 Å². The van der Waals surface area contributed by atoms with Crippen LogP contribution < -0.4 is 0 Å². The third-order valence-corrected chi connectivity index (χ3v) is 3.45. The number of nitrogens with zero attached hydrogens (tertiary/aromatic N) is 1. The van der Waals surface area contributed by atoms with Crippen molar-refractivity contribution in [3.63, 3.8) is 0 Å². The summed E-state index contributed by atoms with van der Waals surface area (Å²) in [6.45, 7) is 10.4. The topological polar surface area (TPSA) is 23.2 Å². The van der Waals surface area contributed by atoms with Gasteiger partial charge in [0.25, 0.3) is 0 Å². The Kier molecular flexibility index (Phi) is 2.83. The van der Waals surface area contributed by atoms with Gasteiger partial charge in [-0.15, -0.1) is 0 Å². The molecule has 0 amide bonds. The van der Waals surface area contributed by atoms with Crippen molar-refractivity contribution in [2.45, 2.75) is 57.8 Å². The van der Waals surface area contributed by atoms with Gasteiger partial charge >= 0.3 is 0 Å². The van der Waals surface area contributed by atoms with Crippen molar-refractivity contribution >= 4 is 0 Å². The van der Waals surface area contributed by atoms with Gasteiger partial charge in [-0.2, -0.15) is 0 Å². The minimum Gasteiger partial charge on any atom is -0.389 e. The molecule has 2 rings (SSSR count). The summed E-state index contributed by atoms with van der Waals surface area (Å²) in [5, 5.41) is 10.3. The summed E-state index contributed by atoms with van der Waals surface area (Å²) in [6, 6.07) is 11.0. The number of hydrogen-bond donors (Lipinski definition) is 1. The molecule has 3 atom stereocenters. The quantitative estimate of drug-likeness (QED) is 0.794. The molecule has 94 valence electrons. The Morgan fingerprint density at radius 2 is 1.53 bits per heavy atom. The molecule has 2 nitrogen and oxygen atoms in total. The van der Waals surface area contributed by atoms with E-state index >= 15 is 0 Å². The van der Waals surface area contributed by atoms with E-state index in [1.807, 2.05) is 19.9 Å². The van der Waals surface area contributed by atoms with E-state index in [0.717, 1.165) is 0 Å². The van der Waals surface area contributed by atoms with Crippen LogP contribution in [0, 0.1) is 0 Å². The van der Waals surface area contributed by atoms with E-state index in [1.165, 1.54) is 5.56 Å². The summed E-state index contributed by atoms with van der Waals surface area (Å²) >= 11 is 0. The van der Waals surface area contributed by atoms with Gasteiger partial charge in [0.05, 0.1) is 17.7 Å². The summed E-state index contributed by atoms with van der Waals surface area (Å²) in [7, 11) is 0. The van der Waals surface area contributed by atoms with Gasteiger partial charge in [-0.3, -0.25) is 4.90 Å². The molecule has 1 aromatic carbocycles. The highest BCUT2D eigenvalue weighted by Crippen LogP contribution is 2.52. The first kappa shape index (κ1) is 12.6. The van der Waals surface area contributed by atoms with Crippen LogP contribution in [0.1, 0.15) is 46.2 Å². The third-order valence-electron chi connectivity index (χ3n) is 3.45. The van der Waals surface area contributed by atoms with E-state index in [4.69, 9.17) is 0 Å². The Bertz CT molecular complexity index is 366. The average molecular weight is 233 g/mol. The zero-order chi connectivity index (χ0) is 12.8. The molecular formula is C15H23NO. The van der Waals surface area contributed by atoms with Crippen molar-refractivity contribution in [2.75, 3.05) is 0 Å². The Labute approximate surface area is 104 Å². The molecule has 1 aliphatic rings. The van der Waals surface area contributed by atoms with Gasteiger partial charge in [-0.1, -0.05) is 30.3 Å². The molecule has 1 unspecified atom stereocenters. The molecule has 0 aliphatic carbocycles. The molecule has 0 spiro atoms. The van der Waals surface area contributed by atoms with Crippen LogP contribution in [0.2, 0.25) is 0 Å². The molecule has 2 heteroatoms. The zero-order valence-electron chi connectivity index (χ0n) is 11.4. The van der Waals surface area contributed by atoms with E-state index in [9.17, 15) is 5.11 Å². The number of aliphatic hydroxyl groups is 1. The smallest absolute Gasteiger partial charge is 0.0765 e. The fraction of sp³-hybridized carbons (Fsp3) is 0.600. The molecule has 0 bridgehead atoms. The van der Waals surface area contributed by atoms with Crippen LogP contribution in [0.3, 0.4) is 0 Å². The number of hydrogen-bond acceptors (Lipinski definition) is 2. The molecule has 1 heterocycles. The van der Waals surface area contributed by atoms with Crippen molar-refractivity contribution in [1.82, 2.24) is 4.90 Å². The first-order chi connectivity index (χ1) is 7.73. The summed E-state index contributed by atoms with van der Waals surface area (Å²) in [5.74, 6) is 0. The highest BCUT2D eigenvalue weighted by molar-refractivity contribution is 5.30. The Hall–Kier alpha value is -0.860. The first-order valence-electron chi connectivity index (χ1n) is 6.28. The summed E-state index contributed by atoms with van der Waals surface area (Å²) in [5.41, 5.74) is 0.730. The van der Waals surface area contributed by atoms with Gasteiger partial charge < -0.3 is 5.11 Å². The second-order valence-corrected chi connectivity index (χ2v) is 6.53. The van der Waals surface area contributed by atoms with Gasteiger partial charge in [0.15, 0.2) is 0 Å². The maximum Gasteiger partial charge on any atom is 0.0765 e. The van der Waals surface area contributed by atoms with E-state index in [1.54, 1.807) is 0 Å². The van der Waals surface area contributed by atoms with Crippen molar-refractivity contribution in [2.24, 2.45) is 0 Å². The highest BCUT2D eigenvalue weighted by Gasteiger charge is 2.59. The highest BCUT2D eigenvalue weighted by atomic mass is 16.3. The third kappa shape index (κ3) is 2.38. The predicted molar refractivity (Wildman–Crippen MR) is 70.9 cm³/mol. The standard InChI is InChI=1S/C15H23NO/c1-14(2,3)16-12(13(16)15(4,5)17)11-9-7-6-8-10-11/h6-10,12-13,17H,1-5H3/t12-,13-,16?/m0/s1. The molecule has 1 aliphatic heterocycles. The number of rotatable bonds is 2. The SMILES string of the molecule is CC(C)(O)[C@@H]1[C@H](c2ccccc2)N1C(C)(C)C. The summed E-state index contributed by atoms with van der Waals surface area (Å²) < 4.78 is 0. The maximum atomic E-state index is 10.3. The minimum atomic E-state index is -0.659. The molecule has 0 saturated carbocycles. The van der Waals surface area contributed by atoms with E-state index in [0.29, 0.717) is 6.04 Å². The van der Waals surface area contributed by atoms with Crippen LogP contribution in [0.25, 0.3) is 0 Å². The molecular weight excluding hydrogens is 210 g/mol. The monoisotopic (exact) mass is 233 g/mol. The second kappa shape index (κ2) is 3.82. The largest absolute Gasteiger partial charge is 0.389 e. The Balaban J connectivity index is 2.29. The lowest BCUT2D eigenvalue weighted by atomic mass is 9.99. The van der Waals surface area contributed by atoms with E-state index in [2.05, 4.69) is 49.9 Å². The van der Waals surface area contributed by atoms with E-state index < -0.39 is 5.60 Å². The van der Waals surface area contributed by atoms with Gasteiger partial charge in [-0.25, -0.2) is 0 Å². The van der Waals surface area contributed by atoms with Gasteiger partial charge in [0.2, 0.25) is 0 Å². The molecule has 1 saturated heterocycles.